The van der Waals surface area contributed by atoms with E-state index in [0.717, 1.165) is 49.0 Å². The number of pyridine rings is 1. The van der Waals surface area contributed by atoms with Crippen molar-refractivity contribution in [3.63, 3.8) is 0 Å². The lowest BCUT2D eigenvalue weighted by Gasteiger charge is -2.30. The first kappa shape index (κ1) is 14.0. The van der Waals surface area contributed by atoms with Crippen LogP contribution in [-0.4, -0.2) is 28.9 Å². The zero-order valence-corrected chi connectivity index (χ0v) is 13.7. The molecule has 1 fully saturated rings. The van der Waals surface area contributed by atoms with Crippen LogP contribution in [0.5, 0.6) is 0 Å². The van der Waals surface area contributed by atoms with Gasteiger partial charge in [-0.05, 0) is 49.7 Å². The van der Waals surface area contributed by atoms with Crippen LogP contribution in [0.2, 0.25) is 0 Å². The molecule has 0 atom stereocenters. The number of fused-ring (bicyclic) bond motifs is 2. The maximum Gasteiger partial charge on any atom is 0.266 e. The van der Waals surface area contributed by atoms with Gasteiger partial charge < -0.3 is 10.6 Å². The Morgan fingerprint density at radius 1 is 1.36 bits per heavy atom. The molecular formula is C17H21N3OS. The topological polar surface area (TPSA) is 59.2 Å². The zero-order chi connectivity index (χ0) is 15.3. The first-order valence-corrected chi connectivity index (χ1v) is 8.95. The van der Waals surface area contributed by atoms with Crippen molar-refractivity contribution in [3.05, 3.63) is 22.2 Å². The van der Waals surface area contributed by atoms with E-state index in [2.05, 4.69) is 13.0 Å². The third-order valence-corrected chi connectivity index (χ3v) is 6.12. The summed E-state index contributed by atoms with van der Waals surface area (Å²) in [5.74, 6) is 0.806. The van der Waals surface area contributed by atoms with Crippen LogP contribution in [0.3, 0.4) is 0 Å². The highest BCUT2D eigenvalue weighted by Crippen LogP contribution is 2.36. The number of thiophene rings is 1. The fourth-order valence-electron chi connectivity index (χ4n) is 3.51. The molecule has 2 aromatic heterocycles. The number of piperidine rings is 1. The second-order valence-electron chi connectivity index (χ2n) is 6.62. The zero-order valence-electron chi connectivity index (χ0n) is 12.9. The van der Waals surface area contributed by atoms with Gasteiger partial charge in [0.15, 0.2) is 0 Å². The van der Waals surface area contributed by atoms with Crippen LogP contribution in [0.4, 0.5) is 5.69 Å². The van der Waals surface area contributed by atoms with Crippen LogP contribution in [0.15, 0.2) is 6.07 Å². The molecule has 1 aliphatic carbocycles. The normalized spacial score (nSPS) is 18.9. The number of nitrogens with two attached hydrogens (primary N) is 1. The number of aromatic nitrogens is 1. The summed E-state index contributed by atoms with van der Waals surface area (Å²) in [5.41, 5.74) is 9.42. The summed E-state index contributed by atoms with van der Waals surface area (Å²) in [6.07, 6.45) is 5.49. The molecule has 116 valence electrons. The number of likely N-dealkylation sites (tertiary alicyclic amines) is 1. The molecule has 3 heterocycles. The molecule has 2 N–H and O–H groups in total. The second-order valence-corrected chi connectivity index (χ2v) is 7.62. The van der Waals surface area contributed by atoms with Gasteiger partial charge in [0.1, 0.15) is 9.71 Å². The van der Waals surface area contributed by atoms with E-state index in [-0.39, 0.29) is 5.91 Å². The quantitative estimate of drug-likeness (QED) is 0.879. The van der Waals surface area contributed by atoms with Gasteiger partial charge in [0.2, 0.25) is 0 Å². The number of nitrogen functional groups attached to an aromatic ring is 1. The van der Waals surface area contributed by atoms with Crippen molar-refractivity contribution in [1.82, 2.24) is 9.88 Å². The predicted molar refractivity (Wildman–Crippen MR) is 90.4 cm³/mol. The van der Waals surface area contributed by atoms with Crippen molar-refractivity contribution >= 4 is 33.1 Å². The molecule has 0 saturated carbocycles. The van der Waals surface area contributed by atoms with Gasteiger partial charge in [-0.3, -0.25) is 4.79 Å². The summed E-state index contributed by atoms with van der Waals surface area (Å²) in [6, 6.07) is 2.16. The van der Waals surface area contributed by atoms with Crippen LogP contribution in [0.25, 0.3) is 10.2 Å². The van der Waals surface area contributed by atoms with E-state index in [9.17, 15) is 4.79 Å². The molecule has 5 heteroatoms. The lowest BCUT2D eigenvalue weighted by atomic mass is 9.99. The minimum absolute atomic E-state index is 0.0903. The molecule has 0 spiro atoms. The largest absolute Gasteiger partial charge is 0.397 e. The summed E-state index contributed by atoms with van der Waals surface area (Å²) in [7, 11) is 0. The number of carbonyl (C=O) groups excluding carboxylic acids is 1. The van der Waals surface area contributed by atoms with Gasteiger partial charge in [0.25, 0.3) is 5.91 Å². The Bertz CT molecular complexity index is 744. The first-order chi connectivity index (χ1) is 10.6. The highest BCUT2D eigenvalue weighted by Gasteiger charge is 2.26. The molecular weight excluding hydrogens is 294 g/mol. The van der Waals surface area contributed by atoms with Crippen LogP contribution in [0, 0.1) is 5.92 Å². The summed E-state index contributed by atoms with van der Waals surface area (Å²) in [6.45, 7) is 3.94. The molecule has 2 aromatic rings. The van der Waals surface area contributed by atoms with Crippen molar-refractivity contribution in [2.75, 3.05) is 18.8 Å². The average molecular weight is 315 g/mol. The number of aryl methyl sites for hydroxylation is 2. The molecule has 1 saturated heterocycles. The number of carbonyl (C=O) groups is 1. The number of amides is 1. The number of hydrogen-bond acceptors (Lipinski definition) is 4. The fourth-order valence-corrected chi connectivity index (χ4v) is 4.58. The monoisotopic (exact) mass is 315 g/mol. The maximum atomic E-state index is 12.8. The van der Waals surface area contributed by atoms with Crippen molar-refractivity contribution in [2.45, 2.75) is 39.0 Å². The standard InChI is InChI=1S/C17H21N3OS/c1-10-5-7-20(8-6-10)17(21)15-14(18)12-9-11-3-2-4-13(11)19-16(12)22-15/h9-10H,2-8,18H2,1H3. The minimum Gasteiger partial charge on any atom is -0.397 e. The smallest absolute Gasteiger partial charge is 0.266 e. The minimum atomic E-state index is 0.0903. The van der Waals surface area contributed by atoms with Crippen molar-refractivity contribution < 1.29 is 4.79 Å². The lowest BCUT2D eigenvalue weighted by molar-refractivity contribution is 0.0703. The van der Waals surface area contributed by atoms with E-state index in [1.54, 1.807) is 0 Å². The van der Waals surface area contributed by atoms with Gasteiger partial charge in [0.05, 0.1) is 5.69 Å². The van der Waals surface area contributed by atoms with Crippen LogP contribution < -0.4 is 5.73 Å². The Morgan fingerprint density at radius 3 is 2.91 bits per heavy atom. The Morgan fingerprint density at radius 2 is 2.14 bits per heavy atom. The van der Waals surface area contributed by atoms with Gasteiger partial charge in [-0.15, -0.1) is 11.3 Å². The van der Waals surface area contributed by atoms with Gasteiger partial charge >= 0.3 is 0 Å². The third kappa shape index (κ3) is 2.19. The molecule has 4 rings (SSSR count). The van der Waals surface area contributed by atoms with E-state index in [4.69, 9.17) is 10.7 Å². The summed E-state index contributed by atoms with van der Waals surface area (Å²) in [5, 5.41) is 0.972. The Kier molecular flexibility index (Phi) is 3.33. The number of rotatable bonds is 1. The molecule has 0 bridgehead atoms. The molecule has 0 radical (unpaired) electrons. The molecule has 22 heavy (non-hydrogen) atoms. The van der Waals surface area contributed by atoms with Crippen molar-refractivity contribution in [2.24, 2.45) is 5.92 Å². The summed E-state index contributed by atoms with van der Waals surface area (Å²) < 4.78 is 0. The van der Waals surface area contributed by atoms with Crippen LogP contribution in [0.1, 0.15) is 47.1 Å². The molecule has 1 amide bonds. The van der Waals surface area contributed by atoms with Gasteiger partial charge in [-0.2, -0.15) is 0 Å². The van der Waals surface area contributed by atoms with Crippen molar-refractivity contribution in [1.29, 1.82) is 0 Å². The Hall–Kier alpha value is -1.62. The van der Waals surface area contributed by atoms with Crippen LogP contribution >= 0.6 is 11.3 Å². The van der Waals surface area contributed by atoms with E-state index < -0.39 is 0 Å². The van der Waals surface area contributed by atoms with Crippen LogP contribution in [-0.2, 0) is 12.8 Å². The van der Waals surface area contributed by atoms with Gasteiger partial charge in [-0.1, -0.05) is 6.92 Å². The third-order valence-electron chi connectivity index (χ3n) is 5.01. The van der Waals surface area contributed by atoms with E-state index in [1.807, 2.05) is 4.90 Å². The molecule has 0 aromatic carbocycles. The number of anilines is 1. The van der Waals surface area contributed by atoms with Gasteiger partial charge in [-0.25, -0.2) is 4.98 Å². The molecule has 4 nitrogen and oxygen atoms in total. The summed E-state index contributed by atoms with van der Waals surface area (Å²) in [4.78, 5) is 21.1. The molecule has 1 aliphatic heterocycles. The van der Waals surface area contributed by atoms with Crippen molar-refractivity contribution in [3.8, 4) is 0 Å². The van der Waals surface area contributed by atoms with E-state index >= 15 is 0 Å². The first-order valence-electron chi connectivity index (χ1n) is 8.13. The Balaban J connectivity index is 1.70. The highest BCUT2D eigenvalue weighted by molar-refractivity contribution is 7.21. The highest BCUT2D eigenvalue weighted by atomic mass is 32.1. The second kappa shape index (κ2) is 5.23. The van der Waals surface area contributed by atoms with E-state index in [1.165, 1.54) is 29.0 Å². The lowest BCUT2D eigenvalue weighted by Crippen LogP contribution is -2.37. The summed E-state index contributed by atoms with van der Waals surface area (Å²) >= 11 is 1.47. The fraction of sp³-hybridized carbons (Fsp3) is 0.529. The van der Waals surface area contributed by atoms with Gasteiger partial charge in [0, 0.05) is 24.2 Å². The number of hydrogen-bond donors (Lipinski definition) is 1. The maximum absolute atomic E-state index is 12.8. The average Bonchev–Trinajstić information content (AvgIpc) is 3.10. The number of nitrogens with zero attached hydrogens (tertiary/aromatic N) is 2. The SMILES string of the molecule is CC1CCN(C(=O)c2sc3nc4c(cc3c2N)CCC4)CC1. The molecule has 0 unspecified atom stereocenters. The predicted octanol–water partition coefficient (Wildman–Crippen LogP) is 3.24. The Labute approximate surface area is 134 Å². The van der Waals surface area contributed by atoms with E-state index in [0.29, 0.717) is 16.5 Å². The molecule has 2 aliphatic rings.